The third kappa shape index (κ3) is 2.60. The molecule has 3 nitrogen and oxygen atoms in total. The van der Waals surface area contributed by atoms with Crippen LogP contribution in [0.3, 0.4) is 0 Å². The second kappa shape index (κ2) is 4.52. The molecule has 16 heavy (non-hydrogen) atoms. The summed E-state index contributed by atoms with van der Waals surface area (Å²) in [5, 5.41) is 0. The average Bonchev–Trinajstić information content (AvgIpc) is 2.28. The molecule has 2 rings (SSSR count). The van der Waals surface area contributed by atoms with Crippen molar-refractivity contribution in [2.24, 2.45) is 0 Å². The molecule has 0 aromatic carbocycles. The highest BCUT2D eigenvalue weighted by Gasteiger charge is 2.29. The number of hydrogen-bond donors (Lipinski definition) is 0. The van der Waals surface area contributed by atoms with Crippen LogP contribution in [-0.2, 0) is 4.74 Å². The van der Waals surface area contributed by atoms with Crippen LogP contribution in [0.2, 0.25) is 0 Å². The van der Waals surface area contributed by atoms with Crippen molar-refractivity contribution >= 4 is 0 Å². The minimum Gasteiger partial charge on any atom is -0.373 e. The Morgan fingerprint density at radius 2 is 2.06 bits per heavy atom. The Hall–Kier alpha value is -0.930. The quantitative estimate of drug-likeness (QED) is 0.764. The molecule has 0 N–H and O–H groups in total. The van der Waals surface area contributed by atoms with Crippen molar-refractivity contribution in [1.82, 2.24) is 9.88 Å². The highest BCUT2D eigenvalue weighted by Crippen LogP contribution is 2.25. The number of hydrogen-bond acceptors (Lipinski definition) is 3. The first-order valence-electron chi connectivity index (χ1n) is 5.86. The van der Waals surface area contributed by atoms with E-state index in [0.717, 1.165) is 19.7 Å². The molecule has 1 fully saturated rings. The molecule has 0 spiro atoms. The van der Waals surface area contributed by atoms with Gasteiger partial charge in [0.05, 0.1) is 12.2 Å². The molecule has 88 valence electrons. The highest BCUT2D eigenvalue weighted by molar-refractivity contribution is 5.14. The molecule has 1 saturated heterocycles. The Labute approximate surface area is 97.4 Å². The zero-order valence-electron chi connectivity index (χ0n) is 10.3. The molecule has 0 radical (unpaired) electrons. The van der Waals surface area contributed by atoms with Crippen LogP contribution in [0.25, 0.3) is 0 Å². The van der Waals surface area contributed by atoms with Crippen molar-refractivity contribution < 1.29 is 4.74 Å². The van der Waals surface area contributed by atoms with Gasteiger partial charge in [-0.05, 0) is 38.5 Å². The zero-order chi connectivity index (χ0) is 11.6. The van der Waals surface area contributed by atoms with Crippen molar-refractivity contribution in [3.05, 3.63) is 30.1 Å². The van der Waals surface area contributed by atoms with Gasteiger partial charge in [0.25, 0.3) is 0 Å². The molecular weight excluding hydrogens is 200 g/mol. The van der Waals surface area contributed by atoms with Gasteiger partial charge in [-0.25, -0.2) is 0 Å². The monoisotopic (exact) mass is 220 g/mol. The summed E-state index contributed by atoms with van der Waals surface area (Å²) in [5.74, 6) is 0. The largest absolute Gasteiger partial charge is 0.373 e. The van der Waals surface area contributed by atoms with Crippen molar-refractivity contribution in [2.45, 2.75) is 32.4 Å². The summed E-state index contributed by atoms with van der Waals surface area (Å²) >= 11 is 0. The van der Waals surface area contributed by atoms with E-state index in [1.54, 1.807) is 0 Å². The first-order chi connectivity index (χ1) is 7.58. The summed E-state index contributed by atoms with van der Waals surface area (Å²) in [7, 11) is 0. The van der Waals surface area contributed by atoms with Gasteiger partial charge in [-0.2, -0.15) is 0 Å². The third-order valence-electron chi connectivity index (χ3n) is 3.19. The normalized spacial score (nSPS) is 22.9. The minimum absolute atomic E-state index is 0.0282. The minimum atomic E-state index is -0.0282. The maximum Gasteiger partial charge on any atom is 0.0753 e. The Morgan fingerprint density at radius 3 is 2.69 bits per heavy atom. The zero-order valence-corrected chi connectivity index (χ0v) is 10.3. The number of rotatable bonds is 2. The van der Waals surface area contributed by atoms with Gasteiger partial charge < -0.3 is 4.74 Å². The molecular formula is C13H20N2O. The predicted octanol–water partition coefficient (Wildman–Crippen LogP) is 2.25. The Balaban J connectivity index is 2.08. The second-order valence-corrected chi connectivity index (χ2v) is 5.04. The van der Waals surface area contributed by atoms with Gasteiger partial charge in [0.1, 0.15) is 0 Å². The maximum atomic E-state index is 5.73. The lowest BCUT2D eigenvalue weighted by Crippen LogP contribution is -2.48. The van der Waals surface area contributed by atoms with Crippen LogP contribution < -0.4 is 0 Å². The summed E-state index contributed by atoms with van der Waals surface area (Å²) in [5.41, 5.74) is 1.30. The van der Waals surface area contributed by atoms with Crippen molar-refractivity contribution in [2.75, 3.05) is 19.7 Å². The summed E-state index contributed by atoms with van der Waals surface area (Å²) in [4.78, 5) is 6.53. The fourth-order valence-corrected chi connectivity index (χ4v) is 2.24. The molecule has 0 unspecified atom stereocenters. The molecule has 1 aromatic rings. The van der Waals surface area contributed by atoms with Crippen LogP contribution in [0.1, 0.15) is 32.4 Å². The third-order valence-corrected chi connectivity index (χ3v) is 3.19. The number of morpholine rings is 1. The summed E-state index contributed by atoms with van der Waals surface area (Å²) in [6, 6.07) is 4.62. The topological polar surface area (TPSA) is 25.4 Å². The molecule has 1 atom stereocenters. The van der Waals surface area contributed by atoms with Crippen LogP contribution in [0.4, 0.5) is 0 Å². The van der Waals surface area contributed by atoms with E-state index in [4.69, 9.17) is 4.74 Å². The van der Waals surface area contributed by atoms with Gasteiger partial charge in [-0.3, -0.25) is 9.88 Å². The van der Waals surface area contributed by atoms with Gasteiger partial charge in [0.2, 0.25) is 0 Å². The van der Waals surface area contributed by atoms with Crippen LogP contribution in [0.15, 0.2) is 24.5 Å². The fourth-order valence-electron chi connectivity index (χ4n) is 2.24. The number of pyridine rings is 1. The van der Waals surface area contributed by atoms with E-state index in [9.17, 15) is 0 Å². The van der Waals surface area contributed by atoms with E-state index in [0.29, 0.717) is 6.04 Å². The van der Waals surface area contributed by atoms with Crippen LogP contribution >= 0.6 is 0 Å². The standard InChI is InChI=1S/C13H20N2O/c1-11(12-4-6-14-7-5-12)15-8-9-16-13(2,3)10-15/h4-7,11H,8-10H2,1-3H3/t11-/m1/s1. The van der Waals surface area contributed by atoms with Gasteiger partial charge in [-0.1, -0.05) is 0 Å². The molecule has 2 heterocycles. The first-order valence-corrected chi connectivity index (χ1v) is 5.86. The van der Waals surface area contributed by atoms with E-state index in [2.05, 4.69) is 42.8 Å². The molecule has 3 heteroatoms. The van der Waals surface area contributed by atoms with Gasteiger partial charge in [0, 0.05) is 31.5 Å². The van der Waals surface area contributed by atoms with Crippen LogP contribution in [0, 0.1) is 0 Å². The number of nitrogens with zero attached hydrogens (tertiary/aromatic N) is 2. The van der Waals surface area contributed by atoms with Crippen molar-refractivity contribution in [3.8, 4) is 0 Å². The second-order valence-electron chi connectivity index (χ2n) is 5.04. The van der Waals surface area contributed by atoms with Crippen molar-refractivity contribution in [3.63, 3.8) is 0 Å². The van der Waals surface area contributed by atoms with Crippen molar-refractivity contribution in [1.29, 1.82) is 0 Å². The summed E-state index contributed by atoms with van der Waals surface area (Å²) < 4.78 is 5.73. The fraction of sp³-hybridized carbons (Fsp3) is 0.615. The van der Waals surface area contributed by atoms with E-state index < -0.39 is 0 Å². The molecule has 0 saturated carbocycles. The summed E-state index contributed by atoms with van der Waals surface area (Å²) in [6.45, 7) is 9.36. The Bertz CT molecular complexity index is 337. The summed E-state index contributed by atoms with van der Waals surface area (Å²) in [6.07, 6.45) is 3.72. The lowest BCUT2D eigenvalue weighted by atomic mass is 10.0. The molecule has 1 aromatic heterocycles. The lowest BCUT2D eigenvalue weighted by molar-refractivity contribution is -0.0958. The molecule has 1 aliphatic heterocycles. The molecule has 0 aliphatic carbocycles. The molecule has 0 amide bonds. The highest BCUT2D eigenvalue weighted by atomic mass is 16.5. The number of ether oxygens (including phenoxy) is 1. The number of aromatic nitrogens is 1. The molecule has 0 bridgehead atoms. The van der Waals surface area contributed by atoms with Crippen LogP contribution in [0.5, 0.6) is 0 Å². The SMILES string of the molecule is C[C@H](c1ccncc1)N1CCOC(C)(C)C1. The van der Waals surface area contributed by atoms with E-state index in [-0.39, 0.29) is 5.60 Å². The Morgan fingerprint density at radius 1 is 1.38 bits per heavy atom. The lowest BCUT2D eigenvalue weighted by Gasteiger charge is -2.41. The van der Waals surface area contributed by atoms with Crippen LogP contribution in [-0.4, -0.2) is 35.2 Å². The first kappa shape index (κ1) is 11.6. The molecule has 1 aliphatic rings. The maximum absolute atomic E-state index is 5.73. The van der Waals surface area contributed by atoms with Gasteiger partial charge in [0.15, 0.2) is 0 Å². The average molecular weight is 220 g/mol. The van der Waals surface area contributed by atoms with E-state index >= 15 is 0 Å². The van der Waals surface area contributed by atoms with Gasteiger partial charge >= 0.3 is 0 Å². The Kier molecular flexibility index (Phi) is 3.26. The van der Waals surface area contributed by atoms with Gasteiger partial charge in [-0.15, -0.1) is 0 Å². The predicted molar refractivity (Wildman–Crippen MR) is 64.3 cm³/mol. The smallest absolute Gasteiger partial charge is 0.0753 e. The van der Waals surface area contributed by atoms with E-state index in [1.807, 2.05) is 12.4 Å². The van der Waals surface area contributed by atoms with E-state index in [1.165, 1.54) is 5.56 Å².